The summed E-state index contributed by atoms with van der Waals surface area (Å²) in [5, 5.41) is 20.6. The minimum absolute atomic E-state index is 0.0460. The molecule has 0 aliphatic heterocycles. The van der Waals surface area contributed by atoms with Crippen molar-refractivity contribution in [3.8, 4) is 11.4 Å². The molecule has 1 heterocycles. The van der Waals surface area contributed by atoms with Crippen molar-refractivity contribution in [2.45, 2.75) is 25.3 Å². The van der Waals surface area contributed by atoms with Crippen LogP contribution in [-0.2, 0) is 4.79 Å². The minimum Gasteiger partial charge on any atom is -0.481 e. The van der Waals surface area contributed by atoms with E-state index in [-0.39, 0.29) is 18.4 Å². The SMILES string of the molecule is O=C(O)CC(C1CC1)n1nnnc1-c1cc(F)ccc1Br. The lowest BCUT2D eigenvalue weighted by Gasteiger charge is -2.16. The number of aromatic nitrogens is 4. The Balaban J connectivity index is 2.03. The third-order valence-corrected chi connectivity index (χ3v) is 4.22. The highest BCUT2D eigenvalue weighted by atomic mass is 79.9. The first-order chi connectivity index (χ1) is 10.1. The molecule has 0 spiro atoms. The van der Waals surface area contributed by atoms with Crippen LogP contribution in [0.2, 0.25) is 0 Å². The van der Waals surface area contributed by atoms with Gasteiger partial charge < -0.3 is 5.11 Å². The van der Waals surface area contributed by atoms with E-state index in [0.29, 0.717) is 15.9 Å². The molecule has 1 unspecified atom stereocenters. The van der Waals surface area contributed by atoms with Crippen LogP contribution in [0.3, 0.4) is 0 Å². The summed E-state index contributed by atoms with van der Waals surface area (Å²) in [7, 11) is 0. The number of carbonyl (C=O) groups is 1. The van der Waals surface area contributed by atoms with Gasteiger partial charge >= 0.3 is 5.97 Å². The zero-order valence-electron chi connectivity index (χ0n) is 10.9. The maximum atomic E-state index is 13.5. The number of carboxylic acids is 1. The standard InChI is InChI=1S/C13H12BrFN4O2/c14-10-4-3-8(15)5-9(10)13-16-17-18-19(13)11(6-12(20)21)7-1-2-7/h3-5,7,11H,1-2,6H2,(H,20,21). The molecule has 1 aromatic heterocycles. The fourth-order valence-corrected chi connectivity index (χ4v) is 2.80. The molecule has 1 aromatic carbocycles. The molecule has 3 rings (SSSR count). The fraction of sp³-hybridized carbons (Fsp3) is 0.385. The lowest BCUT2D eigenvalue weighted by atomic mass is 10.1. The van der Waals surface area contributed by atoms with E-state index < -0.39 is 11.8 Å². The highest BCUT2D eigenvalue weighted by Gasteiger charge is 2.36. The monoisotopic (exact) mass is 354 g/mol. The molecule has 0 saturated heterocycles. The first-order valence-electron chi connectivity index (χ1n) is 6.51. The van der Waals surface area contributed by atoms with Gasteiger partial charge in [0.25, 0.3) is 0 Å². The van der Waals surface area contributed by atoms with Crippen molar-refractivity contribution in [2.24, 2.45) is 5.92 Å². The minimum atomic E-state index is -0.897. The molecule has 0 bridgehead atoms. The normalized spacial score (nSPS) is 15.9. The topological polar surface area (TPSA) is 80.9 Å². The van der Waals surface area contributed by atoms with Crippen LogP contribution in [-0.4, -0.2) is 31.3 Å². The van der Waals surface area contributed by atoms with Gasteiger partial charge in [0.1, 0.15) is 5.82 Å². The van der Waals surface area contributed by atoms with Gasteiger partial charge in [-0.3, -0.25) is 4.79 Å². The van der Waals surface area contributed by atoms with E-state index in [0.717, 1.165) is 12.8 Å². The van der Waals surface area contributed by atoms with Gasteiger partial charge in [0.2, 0.25) is 0 Å². The first-order valence-corrected chi connectivity index (χ1v) is 7.30. The van der Waals surface area contributed by atoms with Crippen LogP contribution >= 0.6 is 15.9 Å². The summed E-state index contributed by atoms with van der Waals surface area (Å²) in [6.45, 7) is 0. The predicted octanol–water partition coefficient (Wildman–Crippen LogP) is 2.67. The van der Waals surface area contributed by atoms with Crippen LogP contribution in [0.5, 0.6) is 0 Å². The number of hydrogen-bond acceptors (Lipinski definition) is 4. The third kappa shape index (κ3) is 2.94. The number of nitrogens with zero attached hydrogens (tertiary/aromatic N) is 4. The molecular formula is C13H12BrFN4O2. The molecule has 1 atom stereocenters. The van der Waals surface area contributed by atoms with Crippen molar-refractivity contribution in [1.29, 1.82) is 0 Å². The molecule has 21 heavy (non-hydrogen) atoms. The van der Waals surface area contributed by atoms with Crippen molar-refractivity contribution in [1.82, 2.24) is 20.2 Å². The fourth-order valence-electron chi connectivity index (χ4n) is 2.38. The second-order valence-electron chi connectivity index (χ2n) is 5.07. The van der Waals surface area contributed by atoms with Crippen LogP contribution in [0.15, 0.2) is 22.7 Å². The van der Waals surface area contributed by atoms with Gasteiger partial charge in [0, 0.05) is 10.0 Å². The summed E-state index contributed by atoms with van der Waals surface area (Å²) in [5.74, 6) is -0.661. The number of tetrazole rings is 1. The van der Waals surface area contributed by atoms with Crippen LogP contribution in [0.1, 0.15) is 25.3 Å². The molecule has 1 saturated carbocycles. The average molecular weight is 355 g/mol. The van der Waals surface area contributed by atoms with Crippen molar-refractivity contribution in [2.75, 3.05) is 0 Å². The average Bonchev–Trinajstić information content (AvgIpc) is 3.16. The van der Waals surface area contributed by atoms with Gasteiger partial charge in [0.05, 0.1) is 12.5 Å². The van der Waals surface area contributed by atoms with Crippen molar-refractivity contribution in [3.05, 3.63) is 28.5 Å². The van der Waals surface area contributed by atoms with Gasteiger partial charge in [-0.2, -0.15) is 0 Å². The lowest BCUT2D eigenvalue weighted by Crippen LogP contribution is -2.18. The van der Waals surface area contributed by atoms with E-state index in [1.165, 1.54) is 16.8 Å². The van der Waals surface area contributed by atoms with E-state index in [4.69, 9.17) is 5.11 Å². The lowest BCUT2D eigenvalue weighted by molar-refractivity contribution is -0.138. The van der Waals surface area contributed by atoms with Crippen LogP contribution in [0.4, 0.5) is 4.39 Å². The number of hydrogen-bond donors (Lipinski definition) is 1. The Hall–Kier alpha value is -1.83. The van der Waals surface area contributed by atoms with Gasteiger partial charge in [-0.25, -0.2) is 9.07 Å². The Bertz CT molecular complexity index is 687. The Labute approximate surface area is 128 Å². The summed E-state index contributed by atoms with van der Waals surface area (Å²) in [4.78, 5) is 11.1. The summed E-state index contributed by atoms with van der Waals surface area (Å²) in [5.41, 5.74) is 0.510. The number of carboxylic acid groups (broad SMARTS) is 1. The maximum Gasteiger partial charge on any atom is 0.305 e. The Morgan fingerprint density at radius 1 is 1.52 bits per heavy atom. The van der Waals surface area contributed by atoms with Crippen LogP contribution in [0, 0.1) is 11.7 Å². The number of aliphatic carboxylic acids is 1. The molecule has 1 aliphatic carbocycles. The van der Waals surface area contributed by atoms with Crippen molar-refractivity contribution >= 4 is 21.9 Å². The van der Waals surface area contributed by atoms with Crippen LogP contribution < -0.4 is 0 Å². The zero-order chi connectivity index (χ0) is 15.0. The maximum absolute atomic E-state index is 13.5. The Morgan fingerprint density at radius 3 is 2.95 bits per heavy atom. The molecule has 2 aromatic rings. The summed E-state index contributed by atoms with van der Waals surface area (Å²) in [6.07, 6.45) is 1.87. The van der Waals surface area contributed by atoms with Crippen LogP contribution in [0.25, 0.3) is 11.4 Å². The third-order valence-electron chi connectivity index (χ3n) is 3.53. The highest BCUT2D eigenvalue weighted by molar-refractivity contribution is 9.10. The van der Waals surface area contributed by atoms with Gasteiger partial charge in [-0.05, 0) is 47.4 Å². The Morgan fingerprint density at radius 2 is 2.29 bits per heavy atom. The second kappa shape index (κ2) is 5.51. The van der Waals surface area contributed by atoms with E-state index in [1.54, 1.807) is 6.07 Å². The molecule has 0 amide bonds. The smallest absolute Gasteiger partial charge is 0.305 e. The number of rotatable bonds is 5. The van der Waals surface area contributed by atoms with E-state index in [2.05, 4.69) is 31.5 Å². The molecule has 6 nitrogen and oxygen atoms in total. The summed E-state index contributed by atoms with van der Waals surface area (Å²) in [6, 6.07) is 3.93. The molecular weight excluding hydrogens is 343 g/mol. The quantitative estimate of drug-likeness (QED) is 0.892. The second-order valence-corrected chi connectivity index (χ2v) is 5.93. The van der Waals surface area contributed by atoms with Gasteiger partial charge in [0.15, 0.2) is 5.82 Å². The van der Waals surface area contributed by atoms with Crippen molar-refractivity contribution < 1.29 is 14.3 Å². The van der Waals surface area contributed by atoms with E-state index in [9.17, 15) is 9.18 Å². The first kappa shape index (κ1) is 14.1. The van der Waals surface area contributed by atoms with E-state index in [1.807, 2.05) is 0 Å². The molecule has 1 N–H and O–H groups in total. The van der Waals surface area contributed by atoms with Gasteiger partial charge in [-0.1, -0.05) is 15.9 Å². The summed E-state index contributed by atoms with van der Waals surface area (Å²) >= 11 is 3.35. The van der Waals surface area contributed by atoms with E-state index >= 15 is 0 Å². The summed E-state index contributed by atoms with van der Waals surface area (Å²) < 4.78 is 15.6. The van der Waals surface area contributed by atoms with Gasteiger partial charge in [-0.15, -0.1) is 5.10 Å². The number of halogens is 2. The molecule has 110 valence electrons. The van der Waals surface area contributed by atoms with Crippen molar-refractivity contribution in [3.63, 3.8) is 0 Å². The molecule has 0 radical (unpaired) electrons. The largest absolute Gasteiger partial charge is 0.481 e. The predicted molar refractivity (Wildman–Crippen MR) is 74.9 cm³/mol. The molecule has 1 fully saturated rings. The Kier molecular flexibility index (Phi) is 3.71. The number of benzene rings is 1. The molecule has 1 aliphatic rings. The zero-order valence-corrected chi connectivity index (χ0v) is 12.5. The highest BCUT2D eigenvalue weighted by Crippen LogP contribution is 2.42. The molecule has 8 heteroatoms.